The highest BCUT2D eigenvalue weighted by atomic mass is 16.5. The number of Topliss-reactive ketones (excluding diaryl/α,β-unsaturated/α-hetero) is 1. The summed E-state index contributed by atoms with van der Waals surface area (Å²) >= 11 is 0. The fraction of sp³-hybridized carbons (Fsp3) is 0.186. The molecule has 256 valence electrons. The summed E-state index contributed by atoms with van der Waals surface area (Å²) < 4.78 is 11.9. The van der Waals surface area contributed by atoms with Crippen molar-refractivity contribution < 1.29 is 33.4 Å². The maximum absolute atomic E-state index is 14.4. The summed E-state index contributed by atoms with van der Waals surface area (Å²) in [5, 5.41) is 11.5. The van der Waals surface area contributed by atoms with Crippen LogP contribution in [0.3, 0.4) is 0 Å². The van der Waals surface area contributed by atoms with E-state index >= 15 is 0 Å². The summed E-state index contributed by atoms with van der Waals surface area (Å²) in [5.41, 5.74) is 5.67. The van der Waals surface area contributed by atoms with Crippen LogP contribution in [-0.2, 0) is 25.8 Å². The molecule has 0 radical (unpaired) electrons. The Balaban J connectivity index is 1.05. The van der Waals surface area contributed by atoms with Crippen molar-refractivity contribution in [2.45, 2.75) is 32.3 Å². The zero-order valence-electron chi connectivity index (χ0n) is 28.1. The molecule has 9 nitrogen and oxygen atoms in total. The molecule has 5 aromatic rings. The van der Waals surface area contributed by atoms with Gasteiger partial charge in [-0.1, -0.05) is 60.2 Å². The number of anilines is 1. The largest absolute Gasteiger partial charge is 0.507 e. The van der Waals surface area contributed by atoms with Gasteiger partial charge < -0.3 is 14.3 Å². The fourth-order valence-electron chi connectivity index (χ4n) is 8.34. The molecular formula is C43H32N2O7. The minimum absolute atomic E-state index is 0.0907. The van der Waals surface area contributed by atoms with E-state index in [9.17, 15) is 24.3 Å². The number of carbonyl (C=O) groups is 4. The number of ketones is 2. The lowest BCUT2D eigenvalue weighted by Gasteiger charge is -2.42. The molecule has 1 aliphatic heterocycles. The van der Waals surface area contributed by atoms with E-state index in [0.29, 0.717) is 57.4 Å². The molecule has 0 saturated carbocycles. The van der Waals surface area contributed by atoms with Crippen LogP contribution < -0.4 is 9.64 Å². The number of ether oxygens (including phenoxy) is 1. The zero-order valence-corrected chi connectivity index (χ0v) is 28.1. The first-order valence-corrected chi connectivity index (χ1v) is 17.3. The molecule has 1 saturated heterocycles. The normalized spacial score (nSPS) is 22.6. The Hall–Kier alpha value is -6.35. The number of rotatable bonds is 6. The molecular weight excluding hydrogens is 656 g/mol. The smallest absolute Gasteiger partial charge is 0.238 e. The molecule has 4 unspecified atom stereocenters. The Bertz CT molecular complexity index is 2400. The van der Waals surface area contributed by atoms with Crippen molar-refractivity contribution in [2.75, 3.05) is 4.90 Å². The summed E-state index contributed by atoms with van der Waals surface area (Å²) in [5.74, 6) is -3.09. The molecule has 0 bridgehead atoms. The molecule has 4 aromatic carbocycles. The van der Waals surface area contributed by atoms with Crippen molar-refractivity contribution in [1.29, 1.82) is 0 Å². The maximum atomic E-state index is 14.4. The minimum Gasteiger partial charge on any atom is -0.507 e. The van der Waals surface area contributed by atoms with E-state index in [1.165, 1.54) is 17.0 Å². The van der Waals surface area contributed by atoms with Crippen molar-refractivity contribution in [3.63, 3.8) is 0 Å². The minimum atomic E-state index is -0.772. The van der Waals surface area contributed by atoms with Crippen LogP contribution in [0.1, 0.15) is 36.8 Å². The lowest BCUT2D eigenvalue weighted by molar-refractivity contribution is -0.123. The van der Waals surface area contributed by atoms with Crippen LogP contribution in [0.2, 0.25) is 0 Å². The van der Waals surface area contributed by atoms with Gasteiger partial charge in [0.25, 0.3) is 0 Å². The summed E-state index contributed by atoms with van der Waals surface area (Å²) in [7, 11) is 0. The highest BCUT2D eigenvalue weighted by Gasteiger charge is 2.56. The van der Waals surface area contributed by atoms with Gasteiger partial charge in [-0.05, 0) is 79.8 Å². The summed E-state index contributed by atoms with van der Waals surface area (Å²) in [6, 6.07) is 29.1. The molecule has 0 spiro atoms. The van der Waals surface area contributed by atoms with E-state index in [-0.39, 0.29) is 42.0 Å². The van der Waals surface area contributed by atoms with Crippen LogP contribution in [0, 0.1) is 17.8 Å². The number of benzene rings is 4. The van der Waals surface area contributed by atoms with Crippen LogP contribution in [0.4, 0.5) is 5.69 Å². The molecule has 2 amide bonds. The molecule has 1 N–H and O–H groups in total. The second-order valence-corrected chi connectivity index (χ2v) is 13.8. The first-order valence-electron chi connectivity index (χ1n) is 17.3. The van der Waals surface area contributed by atoms with Gasteiger partial charge in [0.2, 0.25) is 17.7 Å². The fourth-order valence-corrected chi connectivity index (χ4v) is 8.34. The summed E-state index contributed by atoms with van der Waals surface area (Å²) in [4.78, 5) is 61.6. The zero-order chi connectivity index (χ0) is 35.7. The molecule has 4 aliphatic rings. The Morgan fingerprint density at radius 1 is 0.885 bits per heavy atom. The molecule has 4 atom stereocenters. The van der Waals surface area contributed by atoms with Crippen molar-refractivity contribution in [2.24, 2.45) is 17.8 Å². The number of para-hydroxylation sites is 2. The second-order valence-electron chi connectivity index (χ2n) is 13.8. The predicted octanol–water partition coefficient (Wildman–Crippen LogP) is 7.41. The Labute approximate surface area is 298 Å². The van der Waals surface area contributed by atoms with Crippen LogP contribution >= 0.6 is 0 Å². The average molecular weight is 689 g/mol. The lowest BCUT2D eigenvalue weighted by atomic mass is 9.59. The number of carbonyl (C=O) groups excluding carboxylic acids is 4. The Kier molecular flexibility index (Phi) is 7.39. The van der Waals surface area contributed by atoms with Crippen LogP contribution in [-0.4, -0.2) is 33.5 Å². The monoisotopic (exact) mass is 688 g/mol. The predicted molar refractivity (Wildman–Crippen MR) is 192 cm³/mol. The number of fused-ring (bicyclic) bond motifs is 4. The van der Waals surface area contributed by atoms with Crippen LogP contribution in [0.15, 0.2) is 136 Å². The number of hydrogen-bond donors (Lipinski definition) is 1. The molecule has 1 fully saturated rings. The van der Waals surface area contributed by atoms with Gasteiger partial charge in [0.1, 0.15) is 23.6 Å². The number of hydrogen-bond acceptors (Lipinski definition) is 8. The standard InChI is InChI=1S/C43H32N2O7/c1-23-19-35(47)39-32(40(23)48)21-31-28(37(39)29-16-15-27(20-34(29)46)51-22-24-7-3-2-4-8-24)17-18-30-38(31)43(50)45(42(30)49)26-13-11-25(12-14-26)41-44-33-9-5-6-10-36(33)52-41/h2-17,19-20,30-31,37-38,46H,18,21-22H2,1H3. The number of phenols is 1. The molecule has 52 heavy (non-hydrogen) atoms. The second kappa shape index (κ2) is 12.2. The van der Waals surface area contributed by atoms with E-state index in [1.54, 1.807) is 43.3 Å². The molecule has 3 aliphatic carbocycles. The third kappa shape index (κ3) is 5.03. The number of amides is 2. The third-order valence-electron chi connectivity index (χ3n) is 10.8. The summed E-state index contributed by atoms with van der Waals surface area (Å²) in [6.45, 7) is 1.92. The van der Waals surface area contributed by atoms with Gasteiger partial charge in [0, 0.05) is 39.8 Å². The topological polar surface area (TPSA) is 127 Å². The first kappa shape index (κ1) is 31.6. The number of phenolic OH excluding ortho intramolecular Hbond substituents is 1. The first-order chi connectivity index (χ1) is 25.3. The highest BCUT2D eigenvalue weighted by molar-refractivity contribution is 6.25. The van der Waals surface area contributed by atoms with Gasteiger partial charge in [-0.2, -0.15) is 0 Å². The van der Waals surface area contributed by atoms with E-state index < -0.39 is 23.7 Å². The number of nitrogens with zero attached hydrogens (tertiary/aromatic N) is 2. The summed E-state index contributed by atoms with van der Waals surface area (Å²) in [6.07, 6.45) is 3.73. The van der Waals surface area contributed by atoms with E-state index in [1.807, 2.05) is 60.7 Å². The average Bonchev–Trinajstić information content (AvgIpc) is 3.71. The van der Waals surface area contributed by atoms with Crippen molar-refractivity contribution in [3.05, 3.63) is 143 Å². The third-order valence-corrected chi connectivity index (χ3v) is 10.8. The van der Waals surface area contributed by atoms with Gasteiger partial charge in [0.05, 0.1) is 17.5 Å². The highest BCUT2D eigenvalue weighted by Crippen LogP contribution is 2.56. The SMILES string of the molecule is CC1=CC(=O)C2=C(CC3C(=CCC4C(=O)N(c5ccc(-c6nc7ccccc7o6)cc5)C(=O)C43)C2c2ccc(OCc3ccccc3)cc2O)C1=O. The number of imide groups is 1. The molecule has 2 heterocycles. The molecule has 1 aromatic heterocycles. The van der Waals surface area contributed by atoms with Gasteiger partial charge in [-0.15, -0.1) is 0 Å². The number of oxazole rings is 1. The van der Waals surface area contributed by atoms with Gasteiger partial charge in [0.15, 0.2) is 17.1 Å². The quantitative estimate of drug-likeness (QED) is 0.111. The van der Waals surface area contributed by atoms with Gasteiger partial charge in [-0.25, -0.2) is 4.98 Å². The van der Waals surface area contributed by atoms with Crippen molar-refractivity contribution in [3.8, 4) is 23.0 Å². The Morgan fingerprint density at radius 3 is 2.42 bits per heavy atom. The molecule has 9 heteroatoms. The van der Waals surface area contributed by atoms with E-state index in [4.69, 9.17) is 9.15 Å². The van der Waals surface area contributed by atoms with Crippen molar-refractivity contribution in [1.82, 2.24) is 4.98 Å². The Morgan fingerprint density at radius 2 is 1.65 bits per heavy atom. The molecule has 9 rings (SSSR count). The van der Waals surface area contributed by atoms with Crippen LogP contribution in [0.25, 0.3) is 22.6 Å². The van der Waals surface area contributed by atoms with Crippen molar-refractivity contribution >= 4 is 40.2 Å². The number of aromatic nitrogens is 1. The van der Waals surface area contributed by atoms with Gasteiger partial charge >= 0.3 is 0 Å². The van der Waals surface area contributed by atoms with E-state index in [0.717, 1.165) is 16.7 Å². The number of aromatic hydroxyl groups is 1. The van der Waals surface area contributed by atoms with Crippen LogP contribution in [0.5, 0.6) is 11.5 Å². The van der Waals surface area contributed by atoms with Gasteiger partial charge in [-0.3, -0.25) is 24.1 Å². The lowest BCUT2D eigenvalue weighted by Crippen LogP contribution is -2.39. The number of allylic oxidation sites excluding steroid dienone is 6. The van der Waals surface area contributed by atoms with E-state index in [2.05, 4.69) is 4.98 Å². The maximum Gasteiger partial charge on any atom is 0.238 e.